The van der Waals surface area contributed by atoms with Crippen molar-refractivity contribution in [3.05, 3.63) is 64.2 Å². The minimum absolute atomic E-state index is 0.269. The monoisotopic (exact) mass is 346 g/mol. The zero-order valence-corrected chi connectivity index (χ0v) is 14.6. The Bertz CT molecular complexity index is 760. The normalized spacial score (nSPS) is 11.1. The SMILES string of the molecule is COC(=O)NCc1cc(C(C)=NOc2cccc(C)c2)ccc1Cl. The van der Waals surface area contributed by atoms with E-state index in [0.29, 0.717) is 16.5 Å². The van der Waals surface area contributed by atoms with Gasteiger partial charge >= 0.3 is 6.09 Å². The quantitative estimate of drug-likeness (QED) is 0.648. The summed E-state index contributed by atoms with van der Waals surface area (Å²) < 4.78 is 4.55. The summed E-state index contributed by atoms with van der Waals surface area (Å²) in [6, 6.07) is 13.1. The number of nitrogens with one attached hydrogen (secondary N) is 1. The summed E-state index contributed by atoms with van der Waals surface area (Å²) in [6.07, 6.45) is -0.510. The molecule has 0 aliphatic heterocycles. The lowest BCUT2D eigenvalue weighted by atomic mass is 10.1. The molecule has 0 unspecified atom stereocenters. The van der Waals surface area contributed by atoms with Gasteiger partial charge in [0.2, 0.25) is 0 Å². The fraction of sp³-hybridized carbons (Fsp3) is 0.222. The number of benzene rings is 2. The molecule has 0 atom stereocenters. The molecule has 126 valence electrons. The third-order valence-corrected chi connectivity index (χ3v) is 3.72. The summed E-state index contributed by atoms with van der Waals surface area (Å²) in [7, 11) is 1.31. The molecule has 2 rings (SSSR count). The van der Waals surface area contributed by atoms with E-state index in [9.17, 15) is 4.79 Å². The molecule has 0 saturated heterocycles. The Labute approximate surface area is 146 Å². The lowest BCUT2D eigenvalue weighted by Gasteiger charge is -2.09. The van der Waals surface area contributed by atoms with Crippen LogP contribution in [0.15, 0.2) is 47.6 Å². The van der Waals surface area contributed by atoms with Crippen molar-refractivity contribution in [2.45, 2.75) is 20.4 Å². The van der Waals surface area contributed by atoms with E-state index in [0.717, 1.165) is 16.7 Å². The van der Waals surface area contributed by atoms with E-state index in [1.165, 1.54) is 7.11 Å². The number of methoxy groups -OCH3 is 1. The molecular formula is C18H19ClN2O3. The van der Waals surface area contributed by atoms with Crippen LogP contribution >= 0.6 is 11.6 Å². The molecule has 0 aliphatic rings. The van der Waals surface area contributed by atoms with Crippen LogP contribution in [0.25, 0.3) is 0 Å². The van der Waals surface area contributed by atoms with Crippen LogP contribution in [-0.2, 0) is 11.3 Å². The highest BCUT2D eigenvalue weighted by Gasteiger charge is 2.07. The van der Waals surface area contributed by atoms with E-state index in [4.69, 9.17) is 16.4 Å². The summed E-state index contributed by atoms with van der Waals surface area (Å²) in [6.45, 7) is 4.10. The first kappa shape index (κ1) is 17.8. The number of ether oxygens (including phenoxy) is 1. The van der Waals surface area contributed by atoms with Crippen LogP contribution < -0.4 is 10.2 Å². The summed E-state index contributed by atoms with van der Waals surface area (Å²) >= 11 is 6.15. The average molecular weight is 347 g/mol. The van der Waals surface area contributed by atoms with Gasteiger partial charge in [0.15, 0.2) is 5.75 Å². The number of halogens is 1. The van der Waals surface area contributed by atoms with Crippen molar-refractivity contribution < 1.29 is 14.4 Å². The van der Waals surface area contributed by atoms with Gasteiger partial charge in [-0.1, -0.05) is 35.0 Å². The number of carbonyl (C=O) groups is 1. The number of rotatable bonds is 5. The van der Waals surface area contributed by atoms with Crippen LogP contribution in [0.1, 0.15) is 23.6 Å². The lowest BCUT2D eigenvalue weighted by Crippen LogP contribution is -2.22. The fourth-order valence-corrected chi connectivity index (χ4v) is 2.21. The summed E-state index contributed by atoms with van der Waals surface area (Å²) in [5.74, 6) is 0.677. The van der Waals surface area contributed by atoms with E-state index in [1.807, 2.05) is 50.2 Å². The molecule has 1 amide bonds. The molecule has 2 aromatic carbocycles. The molecule has 2 aromatic rings. The first-order valence-electron chi connectivity index (χ1n) is 7.38. The van der Waals surface area contributed by atoms with Crippen LogP contribution in [0.5, 0.6) is 5.75 Å². The van der Waals surface area contributed by atoms with Gasteiger partial charge in [-0.25, -0.2) is 4.79 Å². The van der Waals surface area contributed by atoms with Crippen molar-refractivity contribution in [1.29, 1.82) is 0 Å². The van der Waals surface area contributed by atoms with Crippen LogP contribution in [-0.4, -0.2) is 18.9 Å². The molecule has 0 saturated carbocycles. The molecule has 6 heteroatoms. The number of aryl methyl sites for hydroxylation is 1. The fourth-order valence-electron chi connectivity index (χ4n) is 2.02. The summed E-state index contributed by atoms with van der Waals surface area (Å²) in [5.41, 5.74) is 3.42. The predicted octanol–water partition coefficient (Wildman–Crippen LogP) is 4.31. The van der Waals surface area contributed by atoms with Crippen molar-refractivity contribution in [1.82, 2.24) is 5.32 Å². The second kappa shape index (κ2) is 8.36. The van der Waals surface area contributed by atoms with Crippen molar-refractivity contribution >= 4 is 23.4 Å². The van der Waals surface area contributed by atoms with Crippen LogP contribution in [0.3, 0.4) is 0 Å². The Morgan fingerprint density at radius 2 is 2.04 bits per heavy atom. The topological polar surface area (TPSA) is 59.9 Å². The second-order valence-electron chi connectivity index (χ2n) is 5.24. The standard InChI is InChI=1S/C18H19ClN2O3/c1-12-5-4-6-16(9-12)24-21-13(2)14-7-8-17(19)15(10-14)11-20-18(22)23-3/h4-10H,11H2,1-3H3,(H,20,22). The highest BCUT2D eigenvalue weighted by Crippen LogP contribution is 2.19. The minimum atomic E-state index is -0.510. The van der Waals surface area contributed by atoms with Gasteiger partial charge in [0, 0.05) is 11.6 Å². The Kier molecular flexibility index (Phi) is 6.21. The zero-order valence-electron chi connectivity index (χ0n) is 13.8. The molecule has 0 heterocycles. The molecular weight excluding hydrogens is 328 g/mol. The van der Waals surface area contributed by atoms with Gasteiger partial charge in [0.25, 0.3) is 0 Å². The van der Waals surface area contributed by atoms with Gasteiger partial charge in [-0.3, -0.25) is 0 Å². The number of nitrogens with zero attached hydrogens (tertiary/aromatic N) is 1. The summed E-state index contributed by atoms with van der Waals surface area (Å²) in [4.78, 5) is 16.6. The zero-order chi connectivity index (χ0) is 17.5. The van der Waals surface area contributed by atoms with Gasteiger partial charge in [-0.2, -0.15) is 0 Å². The molecule has 24 heavy (non-hydrogen) atoms. The molecule has 0 radical (unpaired) electrons. The Balaban J connectivity index is 2.12. The maximum atomic E-state index is 11.2. The van der Waals surface area contributed by atoms with Crippen molar-refractivity contribution in [3.63, 3.8) is 0 Å². The molecule has 5 nitrogen and oxygen atoms in total. The van der Waals surface area contributed by atoms with E-state index in [2.05, 4.69) is 15.2 Å². The third kappa shape index (κ3) is 4.99. The average Bonchev–Trinajstić information content (AvgIpc) is 2.58. The number of hydrogen-bond donors (Lipinski definition) is 1. The van der Waals surface area contributed by atoms with E-state index < -0.39 is 6.09 Å². The maximum Gasteiger partial charge on any atom is 0.407 e. The third-order valence-electron chi connectivity index (χ3n) is 3.35. The smallest absolute Gasteiger partial charge is 0.407 e. The Morgan fingerprint density at radius 3 is 2.75 bits per heavy atom. The van der Waals surface area contributed by atoms with Gasteiger partial charge in [0.05, 0.1) is 12.8 Å². The molecule has 0 aliphatic carbocycles. The Morgan fingerprint density at radius 1 is 1.25 bits per heavy atom. The minimum Gasteiger partial charge on any atom is -0.453 e. The summed E-state index contributed by atoms with van der Waals surface area (Å²) in [5, 5.41) is 7.31. The number of hydrogen-bond acceptors (Lipinski definition) is 4. The first-order chi connectivity index (χ1) is 11.5. The number of alkyl carbamates (subject to hydrolysis) is 1. The predicted molar refractivity (Wildman–Crippen MR) is 94.7 cm³/mol. The number of amides is 1. The molecule has 0 aromatic heterocycles. The van der Waals surface area contributed by atoms with Crippen LogP contribution in [0.2, 0.25) is 5.02 Å². The molecule has 0 fully saturated rings. The molecule has 0 bridgehead atoms. The van der Waals surface area contributed by atoms with Crippen LogP contribution in [0.4, 0.5) is 4.79 Å². The Hall–Kier alpha value is -2.53. The van der Waals surface area contributed by atoms with E-state index in [1.54, 1.807) is 6.07 Å². The van der Waals surface area contributed by atoms with Crippen LogP contribution in [0, 0.1) is 6.92 Å². The highest BCUT2D eigenvalue weighted by atomic mass is 35.5. The number of carbonyl (C=O) groups excluding carboxylic acids is 1. The van der Waals surface area contributed by atoms with Gasteiger partial charge in [-0.15, -0.1) is 0 Å². The molecule has 0 spiro atoms. The van der Waals surface area contributed by atoms with Crippen molar-refractivity contribution in [2.75, 3.05) is 7.11 Å². The van der Waals surface area contributed by atoms with Gasteiger partial charge < -0.3 is 14.9 Å². The molecule has 1 N–H and O–H groups in total. The van der Waals surface area contributed by atoms with Crippen molar-refractivity contribution in [3.8, 4) is 5.75 Å². The number of oxime groups is 1. The van der Waals surface area contributed by atoms with Crippen molar-refractivity contribution in [2.24, 2.45) is 5.16 Å². The largest absolute Gasteiger partial charge is 0.453 e. The highest BCUT2D eigenvalue weighted by molar-refractivity contribution is 6.31. The second-order valence-corrected chi connectivity index (χ2v) is 5.64. The van der Waals surface area contributed by atoms with Gasteiger partial charge in [-0.05, 0) is 54.8 Å². The van der Waals surface area contributed by atoms with Gasteiger partial charge in [0.1, 0.15) is 0 Å². The first-order valence-corrected chi connectivity index (χ1v) is 7.76. The van der Waals surface area contributed by atoms with E-state index in [-0.39, 0.29) is 6.54 Å². The lowest BCUT2D eigenvalue weighted by molar-refractivity contribution is 0.170. The van der Waals surface area contributed by atoms with E-state index >= 15 is 0 Å². The maximum absolute atomic E-state index is 11.2.